The lowest BCUT2D eigenvalue weighted by atomic mass is 10.0. The Bertz CT molecular complexity index is 611. The zero-order valence-electron chi connectivity index (χ0n) is 9.40. The fraction of sp³-hybridized carbons (Fsp3) is 0.0714. The molecule has 1 heterocycles. The number of hydrogen-bond acceptors (Lipinski definition) is 2. The molecule has 0 saturated heterocycles. The maximum Gasteiger partial charge on any atom is 0.185 e. The normalized spacial score (nSPS) is 10.1. The van der Waals surface area contributed by atoms with Gasteiger partial charge in [0, 0.05) is 18.6 Å². The number of rotatable bonds is 3. The van der Waals surface area contributed by atoms with Crippen molar-refractivity contribution in [2.24, 2.45) is 0 Å². The summed E-state index contributed by atoms with van der Waals surface area (Å²) in [7, 11) is 0. The van der Waals surface area contributed by atoms with Gasteiger partial charge in [0.1, 0.15) is 10.3 Å². The third kappa shape index (κ3) is 3.25. The molecule has 2 rings (SSSR count). The first kappa shape index (κ1) is 12.9. The highest BCUT2D eigenvalue weighted by molar-refractivity contribution is 6.58. The summed E-state index contributed by atoms with van der Waals surface area (Å²) >= 11 is 11.8. The van der Waals surface area contributed by atoms with Crippen molar-refractivity contribution < 1.29 is 4.42 Å². The van der Waals surface area contributed by atoms with E-state index in [4.69, 9.17) is 27.6 Å². The van der Waals surface area contributed by atoms with E-state index in [-0.39, 0.29) is 9.92 Å². The van der Waals surface area contributed by atoms with Crippen LogP contribution in [0.1, 0.15) is 11.3 Å². The first-order valence-electron chi connectivity index (χ1n) is 5.34. The highest BCUT2D eigenvalue weighted by Gasteiger charge is 2.09. The van der Waals surface area contributed by atoms with Crippen LogP contribution in [0.15, 0.2) is 62.4 Å². The molecule has 1 aromatic heterocycles. The number of benzene rings is 1. The maximum absolute atomic E-state index is 11.2. The molecule has 0 N–H and O–H groups in total. The van der Waals surface area contributed by atoms with Crippen LogP contribution in [-0.2, 0) is 6.42 Å². The Kier molecular flexibility index (Phi) is 4.24. The molecule has 0 spiro atoms. The van der Waals surface area contributed by atoms with Gasteiger partial charge in [-0.3, -0.25) is 4.79 Å². The highest BCUT2D eigenvalue weighted by Crippen LogP contribution is 2.27. The average Bonchev–Trinajstić information content (AvgIpc) is 2.37. The molecule has 92 valence electrons. The van der Waals surface area contributed by atoms with Gasteiger partial charge in [-0.25, -0.2) is 0 Å². The smallest absolute Gasteiger partial charge is 0.185 e. The van der Waals surface area contributed by atoms with E-state index >= 15 is 0 Å². The highest BCUT2D eigenvalue weighted by atomic mass is 35.5. The Morgan fingerprint density at radius 2 is 1.83 bits per heavy atom. The second kappa shape index (κ2) is 5.89. The van der Waals surface area contributed by atoms with Crippen LogP contribution in [-0.4, -0.2) is 0 Å². The fourth-order valence-corrected chi connectivity index (χ4v) is 1.97. The monoisotopic (exact) mass is 280 g/mol. The molecule has 0 unspecified atom stereocenters. The molecule has 0 amide bonds. The number of allylic oxidation sites excluding steroid dienone is 1. The lowest BCUT2D eigenvalue weighted by Gasteiger charge is -2.07. The van der Waals surface area contributed by atoms with Gasteiger partial charge in [0.2, 0.25) is 0 Å². The first-order valence-corrected chi connectivity index (χ1v) is 6.09. The van der Waals surface area contributed by atoms with Crippen molar-refractivity contribution in [3.63, 3.8) is 0 Å². The van der Waals surface area contributed by atoms with Crippen LogP contribution < -0.4 is 5.43 Å². The average molecular weight is 281 g/mol. The topological polar surface area (TPSA) is 30.2 Å². The molecule has 0 radical (unpaired) electrons. The Hall–Kier alpha value is -1.51. The van der Waals surface area contributed by atoms with Crippen molar-refractivity contribution >= 4 is 28.8 Å². The summed E-state index contributed by atoms with van der Waals surface area (Å²) < 4.78 is 5.43. The minimum atomic E-state index is -0.102. The molecule has 18 heavy (non-hydrogen) atoms. The molecular weight excluding hydrogens is 271 g/mol. The van der Waals surface area contributed by atoms with Gasteiger partial charge in [-0.2, -0.15) is 0 Å². The molecule has 0 saturated carbocycles. The Morgan fingerprint density at radius 1 is 1.11 bits per heavy atom. The summed E-state index contributed by atoms with van der Waals surface area (Å²) in [6.07, 6.45) is 1.74. The first-order chi connectivity index (χ1) is 8.66. The van der Waals surface area contributed by atoms with Gasteiger partial charge in [0.25, 0.3) is 0 Å². The molecular formula is C14H10Cl2O2. The maximum atomic E-state index is 11.2. The molecule has 0 bridgehead atoms. The van der Waals surface area contributed by atoms with Crippen molar-refractivity contribution in [1.29, 1.82) is 0 Å². The summed E-state index contributed by atoms with van der Waals surface area (Å²) in [5.41, 5.74) is 1.53. The number of halogens is 2. The summed E-state index contributed by atoms with van der Waals surface area (Å²) in [6, 6.07) is 12.3. The summed E-state index contributed by atoms with van der Waals surface area (Å²) in [4.78, 5) is 11.2. The van der Waals surface area contributed by atoms with Crippen molar-refractivity contribution in [3.05, 3.63) is 74.8 Å². The molecule has 0 fully saturated rings. The summed E-state index contributed by atoms with van der Waals surface area (Å²) in [5, 5.41) is 0. The SMILES string of the molecule is O=c1ccoc(CC(=C(Cl)Cl)c2ccccc2)c1. The zero-order valence-corrected chi connectivity index (χ0v) is 10.9. The summed E-state index contributed by atoms with van der Waals surface area (Å²) in [6.45, 7) is 0. The van der Waals surface area contributed by atoms with Gasteiger partial charge >= 0.3 is 0 Å². The lowest BCUT2D eigenvalue weighted by Crippen LogP contribution is -1.99. The van der Waals surface area contributed by atoms with Crippen molar-refractivity contribution in [2.45, 2.75) is 6.42 Å². The van der Waals surface area contributed by atoms with Crippen LogP contribution in [0.2, 0.25) is 0 Å². The van der Waals surface area contributed by atoms with Crippen LogP contribution in [0.4, 0.5) is 0 Å². The van der Waals surface area contributed by atoms with E-state index in [2.05, 4.69) is 0 Å². The van der Waals surface area contributed by atoms with Crippen LogP contribution in [0.5, 0.6) is 0 Å². The van der Waals surface area contributed by atoms with Crippen LogP contribution in [0.25, 0.3) is 5.57 Å². The second-order valence-electron chi connectivity index (χ2n) is 3.72. The van der Waals surface area contributed by atoms with E-state index in [1.54, 1.807) is 0 Å². The largest absolute Gasteiger partial charge is 0.469 e. The van der Waals surface area contributed by atoms with E-state index in [0.29, 0.717) is 12.2 Å². The molecule has 2 aromatic rings. The van der Waals surface area contributed by atoms with Gasteiger partial charge in [-0.15, -0.1) is 0 Å². The predicted octanol–water partition coefficient (Wildman–Crippen LogP) is 4.03. The minimum absolute atomic E-state index is 0.102. The zero-order chi connectivity index (χ0) is 13.0. The predicted molar refractivity (Wildman–Crippen MR) is 73.8 cm³/mol. The van der Waals surface area contributed by atoms with E-state index in [1.807, 2.05) is 30.3 Å². The quantitative estimate of drug-likeness (QED) is 0.850. The van der Waals surface area contributed by atoms with Crippen molar-refractivity contribution in [2.75, 3.05) is 0 Å². The number of hydrogen-bond donors (Lipinski definition) is 0. The molecule has 2 nitrogen and oxygen atoms in total. The van der Waals surface area contributed by atoms with E-state index in [1.165, 1.54) is 18.4 Å². The van der Waals surface area contributed by atoms with Crippen LogP contribution in [0, 0.1) is 0 Å². The van der Waals surface area contributed by atoms with E-state index < -0.39 is 0 Å². The molecule has 0 aliphatic carbocycles. The minimum Gasteiger partial charge on any atom is -0.469 e. The van der Waals surface area contributed by atoms with Crippen LogP contribution >= 0.6 is 23.2 Å². The van der Waals surface area contributed by atoms with Gasteiger partial charge in [-0.1, -0.05) is 53.5 Å². The molecule has 4 heteroatoms. The summed E-state index contributed by atoms with van der Waals surface area (Å²) in [5.74, 6) is 0.528. The standard InChI is InChI=1S/C14H10Cl2O2/c15-14(16)13(10-4-2-1-3-5-10)9-12-8-11(17)6-7-18-12/h1-8H,9H2. The van der Waals surface area contributed by atoms with Crippen molar-refractivity contribution in [1.82, 2.24) is 0 Å². The third-order valence-electron chi connectivity index (χ3n) is 2.46. The Labute approximate surface area is 114 Å². The fourth-order valence-electron chi connectivity index (χ4n) is 1.61. The Balaban J connectivity index is 2.35. The van der Waals surface area contributed by atoms with Crippen molar-refractivity contribution in [3.8, 4) is 0 Å². The van der Waals surface area contributed by atoms with E-state index in [9.17, 15) is 4.79 Å². The molecule has 0 atom stereocenters. The van der Waals surface area contributed by atoms with Gasteiger partial charge in [-0.05, 0) is 11.1 Å². The van der Waals surface area contributed by atoms with Gasteiger partial charge in [0.15, 0.2) is 5.43 Å². The van der Waals surface area contributed by atoms with Crippen LogP contribution in [0.3, 0.4) is 0 Å². The Morgan fingerprint density at radius 3 is 2.44 bits per heavy atom. The molecule has 0 aliphatic heterocycles. The third-order valence-corrected chi connectivity index (χ3v) is 2.91. The van der Waals surface area contributed by atoms with Gasteiger partial charge < -0.3 is 4.42 Å². The van der Waals surface area contributed by atoms with Gasteiger partial charge in [0.05, 0.1) is 6.26 Å². The molecule has 0 aliphatic rings. The second-order valence-corrected chi connectivity index (χ2v) is 4.66. The molecule has 1 aromatic carbocycles. The lowest BCUT2D eigenvalue weighted by molar-refractivity contribution is 0.505. The van der Waals surface area contributed by atoms with E-state index in [0.717, 1.165) is 11.1 Å².